The quantitative estimate of drug-likeness (QED) is 0.746. The van der Waals surface area contributed by atoms with Crippen LogP contribution in [-0.4, -0.2) is 55.2 Å². The van der Waals surface area contributed by atoms with Gasteiger partial charge in [-0.15, -0.1) is 0 Å². The maximum absolute atomic E-state index is 13.0. The molecule has 0 amide bonds. The highest BCUT2D eigenvalue weighted by Crippen LogP contribution is 2.16. The lowest BCUT2D eigenvalue weighted by molar-refractivity contribution is 0.0697. The summed E-state index contributed by atoms with van der Waals surface area (Å²) in [5.74, 6) is -1.10. The number of benzene rings is 2. The molecule has 26 heavy (non-hydrogen) atoms. The minimum absolute atomic E-state index is 0.198. The molecule has 0 spiro atoms. The van der Waals surface area contributed by atoms with E-state index in [2.05, 4.69) is 15.1 Å². The van der Waals surface area contributed by atoms with Crippen molar-refractivity contribution in [2.45, 2.75) is 6.54 Å². The Hall–Kier alpha value is -2.44. The molecule has 1 aliphatic heterocycles. The Bertz CT molecular complexity index is 711. The van der Waals surface area contributed by atoms with Crippen LogP contribution in [0.1, 0.15) is 15.9 Å². The number of aromatic carboxylic acids is 1. The molecular weight excluding hydrogens is 333 g/mol. The summed E-state index contributed by atoms with van der Waals surface area (Å²) in [6.07, 6.45) is 0. The summed E-state index contributed by atoms with van der Waals surface area (Å²) in [4.78, 5) is 15.5. The summed E-state index contributed by atoms with van der Waals surface area (Å²) in [6, 6.07) is 13.6. The van der Waals surface area contributed by atoms with Gasteiger partial charge in [0, 0.05) is 51.5 Å². The van der Waals surface area contributed by atoms with Crippen LogP contribution in [-0.2, 0) is 6.54 Å². The van der Waals surface area contributed by atoms with E-state index in [4.69, 9.17) is 5.11 Å². The molecular formula is C20H24FN3O2. The molecule has 2 aromatic rings. The molecule has 0 unspecified atom stereocenters. The van der Waals surface area contributed by atoms with Crippen molar-refractivity contribution in [1.29, 1.82) is 0 Å². The second-order valence-electron chi connectivity index (χ2n) is 6.48. The van der Waals surface area contributed by atoms with Crippen molar-refractivity contribution in [3.8, 4) is 0 Å². The van der Waals surface area contributed by atoms with Crippen molar-refractivity contribution in [2.24, 2.45) is 0 Å². The molecule has 6 heteroatoms. The van der Waals surface area contributed by atoms with Gasteiger partial charge in [-0.2, -0.15) is 0 Å². The molecule has 0 saturated carbocycles. The molecule has 0 aromatic heterocycles. The van der Waals surface area contributed by atoms with E-state index >= 15 is 0 Å². The second kappa shape index (κ2) is 8.78. The number of carboxylic acid groups (broad SMARTS) is 1. The van der Waals surface area contributed by atoms with Crippen molar-refractivity contribution in [1.82, 2.24) is 10.2 Å². The predicted molar refractivity (Wildman–Crippen MR) is 100 cm³/mol. The number of carboxylic acids is 1. The lowest BCUT2D eigenvalue weighted by Gasteiger charge is -2.36. The van der Waals surface area contributed by atoms with Gasteiger partial charge in [-0.05, 0) is 42.0 Å². The Morgan fingerprint density at radius 1 is 1.00 bits per heavy atom. The zero-order chi connectivity index (χ0) is 18.4. The Morgan fingerprint density at radius 2 is 1.65 bits per heavy atom. The maximum atomic E-state index is 13.0. The first-order valence-electron chi connectivity index (χ1n) is 8.87. The van der Waals surface area contributed by atoms with Crippen LogP contribution in [0.3, 0.4) is 0 Å². The van der Waals surface area contributed by atoms with Gasteiger partial charge in [0.15, 0.2) is 0 Å². The lowest BCUT2D eigenvalue weighted by atomic mass is 10.1. The fraction of sp³-hybridized carbons (Fsp3) is 0.350. The number of carbonyl (C=O) groups is 1. The Morgan fingerprint density at radius 3 is 2.27 bits per heavy atom. The number of nitrogens with zero attached hydrogens (tertiary/aromatic N) is 2. The van der Waals surface area contributed by atoms with Crippen molar-refractivity contribution >= 4 is 11.7 Å². The zero-order valence-electron chi connectivity index (χ0n) is 14.7. The number of halogens is 1. The van der Waals surface area contributed by atoms with Gasteiger partial charge in [-0.1, -0.05) is 12.1 Å². The number of piperazine rings is 1. The fourth-order valence-electron chi connectivity index (χ4n) is 3.12. The number of nitrogens with one attached hydrogen (secondary N) is 1. The summed E-state index contributed by atoms with van der Waals surface area (Å²) in [7, 11) is 0. The van der Waals surface area contributed by atoms with Crippen LogP contribution < -0.4 is 10.2 Å². The van der Waals surface area contributed by atoms with E-state index in [-0.39, 0.29) is 5.82 Å². The summed E-state index contributed by atoms with van der Waals surface area (Å²) in [5, 5.41) is 12.3. The van der Waals surface area contributed by atoms with Crippen LogP contribution in [0.2, 0.25) is 0 Å². The van der Waals surface area contributed by atoms with Crippen molar-refractivity contribution in [3.05, 3.63) is 65.5 Å². The van der Waals surface area contributed by atoms with E-state index in [0.29, 0.717) is 5.56 Å². The normalized spacial score (nSPS) is 15.2. The molecule has 0 radical (unpaired) electrons. The van der Waals surface area contributed by atoms with E-state index in [9.17, 15) is 9.18 Å². The molecule has 0 aliphatic carbocycles. The first kappa shape index (κ1) is 18.4. The smallest absolute Gasteiger partial charge is 0.335 e. The second-order valence-corrected chi connectivity index (χ2v) is 6.48. The summed E-state index contributed by atoms with van der Waals surface area (Å²) in [6.45, 7) is 6.47. The highest BCUT2D eigenvalue weighted by molar-refractivity contribution is 5.87. The van der Waals surface area contributed by atoms with Gasteiger partial charge >= 0.3 is 5.97 Å². The number of hydrogen-bond donors (Lipinski definition) is 2. The minimum Gasteiger partial charge on any atom is -0.478 e. The van der Waals surface area contributed by atoms with Gasteiger partial charge in [0.2, 0.25) is 0 Å². The lowest BCUT2D eigenvalue weighted by Crippen LogP contribution is -2.48. The molecule has 1 aliphatic rings. The number of anilines is 1. The van der Waals surface area contributed by atoms with Gasteiger partial charge in [-0.3, -0.25) is 4.90 Å². The molecule has 1 heterocycles. The Kier molecular flexibility index (Phi) is 6.20. The first-order chi connectivity index (χ1) is 12.6. The summed E-state index contributed by atoms with van der Waals surface area (Å²) < 4.78 is 13.0. The highest BCUT2D eigenvalue weighted by atomic mass is 19.1. The standard InChI is InChI=1S/C20H24FN3O2/c21-18-5-7-19(8-6-18)24-13-11-23(12-14-24)10-9-22-15-16-1-3-17(4-2-16)20(25)26/h1-8,22H,9-15H2,(H,25,26). The summed E-state index contributed by atoms with van der Waals surface area (Å²) in [5.41, 5.74) is 2.47. The van der Waals surface area contributed by atoms with Crippen LogP contribution in [0.5, 0.6) is 0 Å². The van der Waals surface area contributed by atoms with Crippen LogP contribution >= 0.6 is 0 Å². The Balaban J connectivity index is 1.35. The number of hydrogen-bond acceptors (Lipinski definition) is 4. The predicted octanol–water partition coefficient (Wildman–Crippen LogP) is 2.44. The third kappa shape index (κ3) is 5.03. The third-order valence-corrected chi connectivity index (χ3v) is 4.70. The Labute approximate surface area is 153 Å². The molecule has 0 atom stereocenters. The topological polar surface area (TPSA) is 55.8 Å². The van der Waals surface area contributed by atoms with Crippen molar-refractivity contribution in [3.63, 3.8) is 0 Å². The number of rotatable bonds is 7. The minimum atomic E-state index is -0.899. The van der Waals surface area contributed by atoms with E-state index in [1.54, 1.807) is 12.1 Å². The van der Waals surface area contributed by atoms with E-state index in [1.807, 2.05) is 24.3 Å². The van der Waals surface area contributed by atoms with Gasteiger partial charge < -0.3 is 15.3 Å². The SMILES string of the molecule is O=C(O)c1ccc(CNCCN2CCN(c3ccc(F)cc3)CC2)cc1. The largest absolute Gasteiger partial charge is 0.478 e. The molecule has 2 aromatic carbocycles. The first-order valence-corrected chi connectivity index (χ1v) is 8.87. The zero-order valence-corrected chi connectivity index (χ0v) is 14.7. The highest BCUT2D eigenvalue weighted by Gasteiger charge is 2.16. The molecule has 3 rings (SSSR count). The van der Waals surface area contributed by atoms with Gasteiger partial charge in [0.05, 0.1) is 5.56 Å². The molecule has 1 fully saturated rings. The molecule has 2 N–H and O–H groups in total. The molecule has 1 saturated heterocycles. The molecule has 0 bridgehead atoms. The van der Waals surface area contributed by atoms with Crippen LogP contribution in [0.4, 0.5) is 10.1 Å². The van der Waals surface area contributed by atoms with Crippen LogP contribution in [0.25, 0.3) is 0 Å². The monoisotopic (exact) mass is 357 g/mol. The van der Waals surface area contributed by atoms with E-state index < -0.39 is 5.97 Å². The molecule has 138 valence electrons. The van der Waals surface area contributed by atoms with Crippen molar-refractivity contribution in [2.75, 3.05) is 44.2 Å². The fourth-order valence-corrected chi connectivity index (χ4v) is 3.12. The average molecular weight is 357 g/mol. The van der Waals surface area contributed by atoms with Gasteiger partial charge in [0.25, 0.3) is 0 Å². The van der Waals surface area contributed by atoms with E-state index in [1.165, 1.54) is 12.1 Å². The van der Waals surface area contributed by atoms with E-state index in [0.717, 1.165) is 57.1 Å². The van der Waals surface area contributed by atoms with Gasteiger partial charge in [-0.25, -0.2) is 9.18 Å². The van der Waals surface area contributed by atoms with Gasteiger partial charge in [0.1, 0.15) is 5.82 Å². The molecule has 5 nitrogen and oxygen atoms in total. The van der Waals surface area contributed by atoms with Crippen LogP contribution in [0, 0.1) is 5.82 Å². The maximum Gasteiger partial charge on any atom is 0.335 e. The van der Waals surface area contributed by atoms with Crippen molar-refractivity contribution < 1.29 is 14.3 Å². The average Bonchev–Trinajstić information content (AvgIpc) is 2.67. The summed E-state index contributed by atoms with van der Waals surface area (Å²) >= 11 is 0. The van der Waals surface area contributed by atoms with Crippen LogP contribution in [0.15, 0.2) is 48.5 Å². The third-order valence-electron chi connectivity index (χ3n) is 4.70.